The van der Waals surface area contributed by atoms with Gasteiger partial charge in [0.25, 0.3) is 5.56 Å². The molecule has 4 nitrogen and oxygen atoms in total. The normalized spacial score (nSPS) is 9.94. The second-order valence-corrected chi connectivity index (χ2v) is 4.08. The van der Waals surface area contributed by atoms with E-state index in [1.54, 1.807) is 0 Å². The van der Waals surface area contributed by atoms with Crippen molar-refractivity contribution in [2.24, 2.45) is 0 Å². The molecule has 0 aliphatic carbocycles. The zero-order chi connectivity index (χ0) is 12.7. The van der Waals surface area contributed by atoms with Gasteiger partial charge in [-0.05, 0) is 6.42 Å². The molecule has 1 heterocycles. The van der Waals surface area contributed by atoms with Crippen molar-refractivity contribution in [3.63, 3.8) is 0 Å². The minimum absolute atomic E-state index is 0.152. The molecule has 0 bridgehead atoms. The maximum Gasteiger partial charge on any atom is 0.292 e. The van der Waals surface area contributed by atoms with E-state index in [4.69, 9.17) is 18.0 Å². The first-order valence-corrected chi connectivity index (χ1v) is 6.01. The number of nitrogens with zero attached hydrogens (tertiary/aromatic N) is 2. The van der Waals surface area contributed by atoms with Crippen LogP contribution in [0.25, 0.3) is 0 Å². The highest BCUT2D eigenvalue weighted by atomic mass is 35.5. The molecule has 92 valence electrons. The third kappa shape index (κ3) is 3.79. The Balaban J connectivity index is 2.80. The van der Waals surface area contributed by atoms with Crippen molar-refractivity contribution >= 4 is 17.3 Å². The van der Waals surface area contributed by atoms with Crippen LogP contribution in [-0.4, -0.2) is 16.3 Å². The van der Waals surface area contributed by atoms with Gasteiger partial charge in [-0.3, -0.25) is 4.79 Å². The van der Waals surface area contributed by atoms with Crippen LogP contribution in [-0.2, 0) is 6.54 Å². The zero-order valence-corrected chi connectivity index (χ0v) is 10.6. The van der Waals surface area contributed by atoms with Gasteiger partial charge in [0.05, 0.1) is 11.2 Å². The molecule has 0 unspecified atom stereocenters. The second kappa shape index (κ2) is 6.97. The lowest BCUT2D eigenvalue weighted by molar-refractivity contribution is 0.662. The monoisotopic (exact) mass is 253 g/mol. The van der Waals surface area contributed by atoms with Crippen molar-refractivity contribution in [2.75, 3.05) is 11.9 Å². The molecule has 1 N–H and O–H groups in total. The summed E-state index contributed by atoms with van der Waals surface area (Å²) in [6, 6.07) is 0. The Hall–Kier alpha value is -1.47. The average molecular weight is 254 g/mol. The molecule has 1 aromatic rings. The summed E-state index contributed by atoms with van der Waals surface area (Å²) in [7, 11) is 0. The predicted molar refractivity (Wildman–Crippen MR) is 70.4 cm³/mol. The molecular formula is C12H16ClN3O. The summed E-state index contributed by atoms with van der Waals surface area (Å²) in [6.45, 7) is 3.00. The highest BCUT2D eigenvalue weighted by Crippen LogP contribution is 2.15. The Morgan fingerprint density at radius 3 is 3.00 bits per heavy atom. The summed E-state index contributed by atoms with van der Waals surface area (Å²) in [5.74, 6) is 2.38. The molecule has 0 aliphatic heterocycles. The van der Waals surface area contributed by atoms with E-state index in [9.17, 15) is 4.79 Å². The molecule has 0 radical (unpaired) electrons. The van der Waals surface area contributed by atoms with E-state index in [0.717, 1.165) is 25.8 Å². The number of halogens is 1. The van der Waals surface area contributed by atoms with Crippen molar-refractivity contribution in [2.45, 2.75) is 32.7 Å². The van der Waals surface area contributed by atoms with E-state index >= 15 is 0 Å². The average Bonchev–Trinajstić information content (AvgIpc) is 2.32. The molecule has 0 aromatic carbocycles. The maximum absolute atomic E-state index is 11.9. The van der Waals surface area contributed by atoms with E-state index in [0.29, 0.717) is 10.7 Å². The Bertz CT molecular complexity index is 462. The first-order chi connectivity index (χ1) is 8.20. The van der Waals surface area contributed by atoms with Gasteiger partial charge in [0.1, 0.15) is 12.2 Å². The molecule has 17 heavy (non-hydrogen) atoms. The molecule has 0 atom stereocenters. The molecule has 5 heteroatoms. The number of hydrogen-bond acceptors (Lipinski definition) is 3. The number of rotatable bonds is 6. The van der Waals surface area contributed by atoms with Crippen LogP contribution < -0.4 is 10.9 Å². The van der Waals surface area contributed by atoms with E-state index in [-0.39, 0.29) is 12.1 Å². The summed E-state index contributed by atoms with van der Waals surface area (Å²) in [5.41, 5.74) is 0.111. The van der Waals surface area contributed by atoms with Crippen molar-refractivity contribution in [1.29, 1.82) is 0 Å². The summed E-state index contributed by atoms with van der Waals surface area (Å²) < 4.78 is 1.22. The van der Waals surface area contributed by atoms with Gasteiger partial charge in [0.15, 0.2) is 0 Å². The van der Waals surface area contributed by atoms with E-state index < -0.39 is 0 Å². The number of hydrogen-bond donors (Lipinski definition) is 1. The van der Waals surface area contributed by atoms with Crippen molar-refractivity contribution in [1.82, 2.24) is 9.78 Å². The van der Waals surface area contributed by atoms with Crippen LogP contribution in [0.2, 0.25) is 5.02 Å². The van der Waals surface area contributed by atoms with Crippen LogP contribution in [0.3, 0.4) is 0 Å². The Labute approximate surface area is 106 Å². The highest BCUT2D eigenvalue weighted by Gasteiger charge is 2.08. The zero-order valence-electron chi connectivity index (χ0n) is 9.87. The van der Waals surface area contributed by atoms with Crippen LogP contribution in [0.1, 0.15) is 26.2 Å². The van der Waals surface area contributed by atoms with Gasteiger partial charge in [0, 0.05) is 6.54 Å². The van der Waals surface area contributed by atoms with Crippen molar-refractivity contribution in [3.05, 3.63) is 21.6 Å². The summed E-state index contributed by atoms with van der Waals surface area (Å²) in [4.78, 5) is 11.9. The van der Waals surface area contributed by atoms with E-state index in [1.807, 2.05) is 0 Å². The Kier molecular flexibility index (Phi) is 5.58. The number of aromatic nitrogens is 2. The van der Waals surface area contributed by atoms with E-state index in [2.05, 4.69) is 23.3 Å². The van der Waals surface area contributed by atoms with Gasteiger partial charge in [-0.25, -0.2) is 4.68 Å². The lowest BCUT2D eigenvalue weighted by Crippen LogP contribution is -2.26. The van der Waals surface area contributed by atoms with Crippen LogP contribution in [0.5, 0.6) is 0 Å². The van der Waals surface area contributed by atoms with Crippen LogP contribution >= 0.6 is 11.6 Å². The number of nitrogens with one attached hydrogen (secondary N) is 1. The fourth-order valence-electron chi connectivity index (χ4n) is 1.42. The molecule has 0 saturated heterocycles. The molecule has 0 amide bonds. The smallest absolute Gasteiger partial charge is 0.292 e. The van der Waals surface area contributed by atoms with Gasteiger partial charge in [-0.1, -0.05) is 37.3 Å². The Morgan fingerprint density at radius 2 is 2.35 bits per heavy atom. The molecule has 0 aliphatic rings. The van der Waals surface area contributed by atoms with Gasteiger partial charge in [0.2, 0.25) is 0 Å². The fraction of sp³-hybridized carbons (Fsp3) is 0.500. The summed E-state index contributed by atoms with van der Waals surface area (Å²) >= 11 is 5.92. The number of terminal acetylenes is 1. The Morgan fingerprint density at radius 1 is 1.59 bits per heavy atom. The number of unbranched alkanes of at least 4 members (excludes halogenated alkanes) is 2. The quantitative estimate of drug-likeness (QED) is 0.624. The standard InChI is InChI=1S/C12H16ClN3O/c1-3-5-6-7-14-11-10(13)9-15-16(8-4-2)12(11)17/h2,9,14H,3,5-8H2,1H3. The van der Waals surface area contributed by atoms with Crippen LogP contribution in [0, 0.1) is 12.3 Å². The molecule has 0 spiro atoms. The molecule has 1 aromatic heterocycles. The maximum atomic E-state index is 11.9. The molecule has 0 saturated carbocycles. The van der Waals surface area contributed by atoms with E-state index in [1.165, 1.54) is 10.9 Å². The SMILES string of the molecule is C#CCn1ncc(Cl)c(NCCCCC)c1=O. The second-order valence-electron chi connectivity index (χ2n) is 3.67. The fourth-order valence-corrected chi connectivity index (χ4v) is 1.61. The summed E-state index contributed by atoms with van der Waals surface area (Å²) in [5, 5.41) is 7.24. The molecule has 0 fully saturated rings. The van der Waals surface area contributed by atoms with Gasteiger partial charge in [-0.15, -0.1) is 6.42 Å². The highest BCUT2D eigenvalue weighted by molar-refractivity contribution is 6.32. The molecule has 1 rings (SSSR count). The van der Waals surface area contributed by atoms with Crippen LogP contribution in [0.15, 0.2) is 11.0 Å². The minimum Gasteiger partial charge on any atom is -0.379 e. The van der Waals surface area contributed by atoms with Gasteiger partial charge in [-0.2, -0.15) is 5.10 Å². The topological polar surface area (TPSA) is 46.9 Å². The number of anilines is 1. The third-order valence-corrected chi connectivity index (χ3v) is 2.61. The first kappa shape index (κ1) is 13.6. The van der Waals surface area contributed by atoms with Crippen molar-refractivity contribution in [3.8, 4) is 12.3 Å². The lowest BCUT2D eigenvalue weighted by atomic mass is 10.2. The van der Waals surface area contributed by atoms with Gasteiger partial charge < -0.3 is 5.32 Å². The van der Waals surface area contributed by atoms with Gasteiger partial charge >= 0.3 is 0 Å². The van der Waals surface area contributed by atoms with Crippen molar-refractivity contribution < 1.29 is 0 Å². The first-order valence-electron chi connectivity index (χ1n) is 5.63. The summed E-state index contributed by atoms with van der Waals surface area (Å²) in [6.07, 6.45) is 9.84. The third-order valence-electron chi connectivity index (χ3n) is 2.32. The lowest BCUT2D eigenvalue weighted by Gasteiger charge is -2.08. The minimum atomic E-state index is -0.271. The predicted octanol–water partition coefficient (Wildman–Crippen LogP) is 2.13. The van der Waals surface area contributed by atoms with Crippen LogP contribution in [0.4, 0.5) is 5.69 Å². The molecular weight excluding hydrogens is 238 g/mol. The largest absolute Gasteiger partial charge is 0.379 e.